The van der Waals surface area contributed by atoms with E-state index in [9.17, 15) is 21.6 Å². The van der Waals surface area contributed by atoms with E-state index in [1.807, 2.05) is 0 Å². The van der Waals surface area contributed by atoms with Crippen LogP contribution in [-0.2, 0) is 9.84 Å². The predicted octanol–water partition coefficient (Wildman–Crippen LogP) is 5.81. The standard InChI is InChI=1S/C21H11ClF3NO2S/c22-17-10-14(8-9-18(17)24)29(27,28)20-11-16(12-4-6-13(23)7-5-12)15-2-1-3-19(25)21(15)26-20/h1-11H. The van der Waals surface area contributed by atoms with Crippen LogP contribution in [0.4, 0.5) is 13.2 Å². The maximum absolute atomic E-state index is 14.4. The first-order valence-electron chi connectivity index (χ1n) is 8.33. The minimum atomic E-state index is -4.23. The number of pyridine rings is 1. The smallest absolute Gasteiger partial charge is 0.223 e. The van der Waals surface area contributed by atoms with Gasteiger partial charge in [0.25, 0.3) is 0 Å². The molecule has 0 amide bonds. The average molecular weight is 434 g/mol. The molecule has 0 aliphatic rings. The Balaban J connectivity index is 2.01. The highest BCUT2D eigenvalue weighted by molar-refractivity contribution is 7.91. The van der Waals surface area contributed by atoms with Gasteiger partial charge in [-0.3, -0.25) is 0 Å². The molecule has 0 aliphatic carbocycles. The largest absolute Gasteiger partial charge is 0.233 e. The van der Waals surface area contributed by atoms with E-state index in [2.05, 4.69) is 4.98 Å². The minimum Gasteiger partial charge on any atom is -0.233 e. The van der Waals surface area contributed by atoms with Crippen LogP contribution < -0.4 is 0 Å². The predicted molar refractivity (Wildman–Crippen MR) is 104 cm³/mol. The van der Waals surface area contributed by atoms with Gasteiger partial charge in [-0.15, -0.1) is 0 Å². The molecule has 0 bridgehead atoms. The second-order valence-electron chi connectivity index (χ2n) is 6.23. The second kappa shape index (κ2) is 7.17. The van der Waals surface area contributed by atoms with Crippen LogP contribution >= 0.6 is 11.6 Å². The van der Waals surface area contributed by atoms with Crippen molar-refractivity contribution < 1.29 is 21.6 Å². The van der Waals surface area contributed by atoms with Crippen LogP contribution in [0, 0.1) is 17.5 Å². The second-order valence-corrected chi connectivity index (χ2v) is 8.53. The molecule has 3 aromatic carbocycles. The summed E-state index contributed by atoms with van der Waals surface area (Å²) in [6.45, 7) is 0. The third kappa shape index (κ3) is 3.47. The molecule has 29 heavy (non-hydrogen) atoms. The van der Waals surface area contributed by atoms with Crippen LogP contribution in [0.5, 0.6) is 0 Å². The van der Waals surface area contributed by atoms with Crippen molar-refractivity contribution in [2.24, 2.45) is 0 Å². The van der Waals surface area contributed by atoms with E-state index in [0.717, 1.165) is 24.3 Å². The third-order valence-electron chi connectivity index (χ3n) is 4.40. The summed E-state index contributed by atoms with van der Waals surface area (Å²) in [6, 6.07) is 13.8. The fourth-order valence-electron chi connectivity index (χ4n) is 2.96. The Labute approximate surface area is 169 Å². The molecule has 0 saturated heterocycles. The molecule has 0 radical (unpaired) electrons. The molecule has 3 nitrogen and oxygen atoms in total. The van der Waals surface area contributed by atoms with Crippen LogP contribution in [0.1, 0.15) is 0 Å². The Morgan fingerprint density at radius 1 is 0.828 bits per heavy atom. The molecule has 0 unspecified atom stereocenters. The molecule has 0 spiro atoms. The quantitative estimate of drug-likeness (QED) is 0.383. The highest BCUT2D eigenvalue weighted by Crippen LogP contribution is 2.33. The molecular formula is C21H11ClF3NO2S. The lowest BCUT2D eigenvalue weighted by atomic mass is 10.0. The molecule has 146 valence electrons. The van der Waals surface area contributed by atoms with Gasteiger partial charge in [-0.2, -0.15) is 0 Å². The average Bonchev–Trinajstić information content (AvgIpc) is 2.70. The van der Waals surface area contributed by atoms with Crippen LogP contribution in [0.2, 0.25) is 5.02 Å². The topological polar surface area (TPSA) is 47.0 Å². The van der Waals surface area contributed by atoms with Gasteiger partial charge in [0, 0.05) is 5.39 Å². The molecule has 0 N–H and O–H groups in total. The summed E-state index contributed by atoms with van der Waals surface area (Å²) in [5, 5.41) is -0.429. The number of hydrogen-bond acceptors (Lipinski definition) is 3. The molecule has 4 rings (SSSR count). The zero-order chi connectivity index (χ0) is 20.8. The van der Waals surface area contributed by atoms with Crippen molar-refractivity contribution in [3.05, 3.63) is 89.2 Å². The van der Waals surface area contributed by atoms with Gasteiger partial charge in [0.05, 0.1) is 9.92 Å². The van der Waals surface area contributed by atoms with Crippen molar-refractivity contribution in [2.45, 2.75) is 9.92 Å². The highest BCUT2D eigenvalue weighted by Gasteiger charge is 2.23. The summed E-state index contributed by atoms with van der Waals surface area (Å²) in [5.74, 6) is -1.94. The van der Waals surface area contributed by atoms with Crippen LogP contribution in [-0.4, -0.2) is 13.4 Å². The Morgan fingerprint density at radius 2 is 1.55 bits per heavy atom. The fraction of sp³-hybridized carbons (Fsp3) is 0. The number of rotatable bonds is 3. The number of para-hydroxylation sites is 1. The van der Waals surface area contributed by atoms with E-state index in [-0.39, 0.29) is 15.4 Å². The van der Waals surface area contributed by atoms with Crippen LogP contribution in [0.15, 0.2) is 76.7 Å². The molecule has 8 heteroatoms. The third-order valence-corrected chi connectivity index (χ3v) is 6.32. The van der Waals surface area contributed by atoms with Gasteiger partial charge >= 0.3 is 0 Å². The maximum Gasteiger partial charge on any atom is 0.223 e. The van der Waals surface area contributed by atoms with E-state index < -0.39 is 32.3 Å². The van der Waals surface area contributed by atoms with E-state index in [1.54, 1.807) is 6.07 Å². The number of nitrogens with zero attached hydrogens (tertiary/aromatic N) is 1. The lowest BCUT2D eigenvalue weighted by molar-refractivity contribution is 0.591. The van der Waals surface area contributed by atoms with Gasteiger partial charge in [0.15, 0.2) is 5.03 Å². The number of halogens is 4. The van der Waals surface area contributed by atoms with E-state index >= 15 is 0 Å². The molecule has 1 heterocycles. The highest BCUT2D eigenvalue weighted by atomic mass is 35.5. The first-order valence-corrected chi connectivity index (χ1v) is 10.2. The van der Waals surface area contributed by atoms with Gasteiger partial charge < -0.3 is 0 Å². The monoisotopic (exact) mass is 433 g/mol. The molecule has 0 aliphatic heterocycles. The van der Waals surface area contributed by atoms with Crippen LogP contribution in [0.3, 0.4) is 0 Å². The van der Waals surface area contributed by atoms with Crippen molar-refractivity contribution in [3.8, 4) is 11.1 Å². The Kier molecular flexibility index (Phi) is 4.80. The summed E-state index contributed by atoms with van der Waals surface area (Å²) < 4.78 is 67.3. The van der Waals surface area contributed by atoms with E-state index in [0.29, 0.717) is 16.5 Å². The summed E-state index contributed by atoms with van der Waals surface area (Å²) in [7, 11) is -4.23. The van der Waals surface area contributed by atoms with Crippen molar-refractivity contribution in [3.63, 3.8) is 0 Å². The van der Waals surface area contributed by atoms with Crippen molar-refractivity contribution in [1.82, 2.24) is 4.98 Å². The molecular weight excluding hydrogens is 423 g/mol. The number of sulfone groups is 1. The maximum atomic E-state index is 14.4. The first-order chi connectivity index (χ1) is 13.8. The normalized spacial score (nSPS) is 11.7. The zero-order valence-electron chi connectivity index (χ0n) is 14.5. The lowest BCUT2D eigenvalue weighted by Gasteiger charge is -2.12. The van der Waals surface area contributed by atoms with Crippen molar-refractivity contribution in [1.29, 1.82) is 0 Å². The summed E-state index contributed by atoms with van der Waals surface area (Å²) >= 11 is 5.71. The number of aromatic nitrogens is 1. The van der Waals surface area contributed by atoms with Gasteiger partial charge in [0.1, 0.15) is 23.0 Å². The van der Waals surface area contributed by atoms with Crippen molar-refractivity contribution >= 4 is 32.3 Å². The lowest BCUT2D eigenvalue weighted by Crippen LogP contribution is -2.06. The fourth-order valence-corrected chi connectivity index (χ4v) is 4.45. The SMILES string of the molecule is O=S(=O)(c1ccc(F)c(Cl)c1)c1cc(-c2ccc(F)cc2)c2cccc(F)c2n1. The van der Waals surface area contributed by atoms with Gasteiger partial charge in [-0.25, -0.2) is 26.6 Å². The van der Waals surface area contributed by atoms with Crippen LogP contribution in [0.25, 0.3) is 22.0 Å². The molecule has 0 fully saturated rings. The van der Waals surface area contributed by atoms with E-state index in [1.165, 1.54) is 36.4 Å². The molecule has 0 saturated carbocycles. The zero-order valence-corrected chi connectivity index (χ0v) is 16.1. The molecule has 4 aromatic rings. The first kappa shape index (κ1) is 19.4. The number of fused-ring (bicyclic) bond motifs is 1. The van der Waals surface area contributed by atoms with Gasteiger partial charge in [0.2, 0.25) is 9.84 Å². The van der Waals surface area contributed by atoms with Gasteiger partial charge in [-0.05, 0) is 53.6 Å². The molecule has 1 aromatic heterocycles. The summed E-state index contributed by atoms with van der Waals surface area (Å²) in [4.78, 5) is 3.72. The van der Waals surface area contributed by atoms with Gasteiger partial charge in [-0.1, -0.05) is 35.9 Å². The van der Waals surface area contributed by atoms with E-state index in [4.69, 9.17) is 11.6 Å². The Morgan fingerprint density at radius 3 is 2.24 bits per heavy atom. The Bertz CT molecular complexity index is 1360. The molecule has 0 atom stereocenters. The number of benzene rings is 3. The summed E-state index contributed by atoms with van der Waals surface area (Å²) in [5.41, 5.74) is 0.695. The minimum absolute atomic E-state index is 0.152. The van der Waals surface area contributed by atoms with Crippen molar-refractivity contribution in [2.75, 3.05) is 0 Å². The summed E-state index contributed by atoms with van der Waals surface area (Å²) in [6.07, 6.45) is 0. The Hall–Kier alpha value is -2.90. The number of hydrogen-bond donors (Lipinski definition) is 0.